The fourth-order valence-corrected chi connectivity index (χ4v) is 8.01. The Morgan fingerprint density at radius 1 is 0.618 bits per heavy atom. The largest absolute Gasteiger partial charge is 0.277 e. The Kier molecular flexibility index (Phi) is 6.91. The molecule has 0 saturated heterocycles. The van der Waals surface area contributed by atoms with E-state index >= 15 is 0 Å². The Labute approximate surface area is 211 Å². The van der Waals surface area contributed by atoms with Gasteiger partial charge in [-0.3, -0.25) is 9.44 Å². The molecule has 2 heterocycles. The van der Waals surface area contributed by atoms with E-state index < -0.39 is 31.7 Å². The topological polar surface area (TPSA) is 92.3 Å². The van der Waals surface area contributed by atoms with E-state index in [9.17, 15) is 25.6 Å². The molecule has 0 aliphatic carbocycles. The van der Waals surface area contributed by atoms with E-state index in [1.54, 1.807) is 0 Å². The monoisotopic (exact) mass is 580 g/mol. The fourth-order valence-electron chi connectivity index (χ4n) is 2.89. The zero-order chi connectivity index (χ0) is 24.7. The van der Waals surface area contributed by atoms with E-state index in [0.29, 0.717) is 6.07 Å². The summed E-state index contributed by atoms with van der Waals surface area (Å²) in [5.41, 5.74) is 0.0771. The molecule has 0 radical (unpaired) electrons. The van der Waals surface area contributed by atoms with E-state index in [0.717, 1.165) is 34.8 Å². The number of hydrogen-bond acceptors (Lipinski definition) is 6. The highest BCUT2D eigenvalue weighted by atomic mass is 35.5. The van der Waals surface area contributed by atoms with Gasteiger partial charge in [0.2, 0.25) is 0 Å². The highest BCUT2D eigenvalue weighted by Gasteiger charge is 2.23. The van der Waals surface area contributed by atoms with Gasteiger partial charge in [0, 0.05) is 6.07 Å². The van der Waals surface area contributed by atoms with Crippen LogP contribution in [0.15, 0.2) is 69.1 Å². The van der Waals surface area contributed by atoms with Gasteiger partial charge in [0.25, 0.3) is 20.0 Å². The Hall–Kier alpha value is -2.22. The lowest BCUT2D eigenvalue weighted by atomic mass is 10.0. The van der Waals surface area contributed by atoms with Crippen LogP contribution in [0, 0.1) is 11.6 Å². The van der Waals surface area contributed by atoms with Crippen LogP contribution in [-0.2, 0) is 20.0 Å². The third-order valence-electron chi connectivity index (χ3n) is 4.33. The van der Waals surface area contributed by atoms with Gasteiger partial charge < -0.3 is 0 Å². The summed E-state index contributed by atoms with van der Waals surface area (Å²) in [7, 11) is -8.28. The lowest BCUT2D eigenvalue weighted by molar-refractivity contribution is 0.584. The molecule has 6 nitrogen and oxygen atoms in total. The van der Waals surface area contributed by atoms with Gasteiger partial charge in [0.05, 0.1) is 20.0 Å². The lowest BCUT2D eigenvalue weighted by Gasteiger charge is -2.15. The van der Waals surface area contributed by atoms with Gasteiger partial charge in [-0.05, 0) is 59.7 Å². The molecule has 2 aromatic heterocycles. The van der Waals surface area contributed by atoms with Crippen molar-refractivity contribution in [1.29, 1.82) is 0 Å². The Bertz CT molecular complexity index is 1580. The molecule has 0 atom stereocenters. The summed E-state index contributed by atoms with van der Waals surface area (Å²) in [6, 6.07) is 12.2. The first-order valence-electron chi connectivity index (χ1n) is 9.10. The molecule has 14 heteroatoms. The van der Waals surface area contributed by atoms with Crippen molar-refractivity contribution in [2.24, 2.45) is 0 Å². The molecule has 4 aromatic rings. The second kappa shape index (κ2) is 9.44. The van der Waals surface area contributed by atoms with Crippen LogP contribution in [0.2, 0.25) is 8.67 Å². The van der Waals surface area contributed by atoms with Crippen LogP contribution in [-0.4, -0.2) is 16.8 Å². The second-order valence-corrected chi connectivity index (χ2v) is 14.0. The van der Waals surface area contributed by atoms with Crippen LogP contribution in [0.4, 0.5) is 20.2 Å². The first kappa shape index (κ1) is 24.9. The minimum absolute atomic E-state index is 0.0902. The van der Waals surface area contributed by atoms with Crippen molar-refractivity contribution in [3.05, 3.63) is 81.0 Å². The summed E-state index contributed by atoms with van der Waals surface area (Å²) < 4.78 is 83.8. The minimum atomic E-state index is -4.16. The third-order valence-corrected chi connectivity index (χ3v) is 10.5. The number of halogens is 4. The third kappa shape index (κ3) is 5.53. The van der Waals surface area contributed by atoms with Gasteiger partial charge in [0.15, 0.2) is 0 Å². The van der Waals surface area contributed by atoms with E-state index in [4.69, 9.17) is 23.2 Å². The number of benzene rings is 2. The smallest absolute Gasteiger partial charge is 0.271 e. The predicted molar refractivity (Wildman–Crippen MR) is 132 cm³/mol. The normalized spacial score (nSPS) is 12.0. The van der Waals surface area contributed by atoms with Crippen molar-refractivity contribution in [3.63, 3.8) is 0 Å². The highest BCUT2D eigenvalue weighted by Crippen LogP contribution is 2.35. The molecular formula is C20H12Cl2F2N2O4S4. The Balaban J connectivity index is 1.80. The summed E-state index contributed by atoms with van der Waals surface area (Å²) in [6.07, 6.45) is 0. The van der Waals surface area contributed by atoms with Crippen molar-refractivity contribution in [1.82, 2.24) is 0 Å². The van der Waals surface area contributed by atoms with Gasteiger partial charge >= 0.3 is 0 Å². The first-order chi connectivity index (χ1) is 15.9. The highest BCUT2D eigenvalue weighted by molar-refractivity contribution is 7.95. The number of hydrogen-bond donors (Lipinski definition) is 2. The van der Waals surface area contributed by atoms with Gasteiger partial charge in [-0.15, -0.1) is 22.7 Å². The zero-order valence-corrected chi connectivity index (χ0v) is 21.3. The lowest BCUT2D eigenvalue weighted by Crippen LogP contribution is -2.16. The van der Waals surface area contributed by atoms with Crippen LogP contribution in [0.1, 0.15) is 0 Å². The molecule has 0 fully saturated rings. The van der Waals surface area contributed by atoms with Crippen LogP contribution in [0.5, 0.6) is 0 Å². The van der Waals surface area contributed by atoms with Gasteiger partial charge in [-0.2, -0.15) is 0 Å². The van der Waals surface area contributed by atoms with E-state index in [1.165, 1.54) is 42.5 Å². The van der Waals surface area contributed by atoms with Crippen molar-refractivity contribution in [2.45, 2.75) is 8.42 Å². The molecule has 34 heavy (non-hydrogen) atoms. The minimum Gasteiger partial charge on any atom is -0.277 e. The SMILES string of the molecule is O=S(=O)(Nc1ccc(-c2cc(F)cc(F)c2)cc1NS(=O)(=O)c1ccc(Cl)s1)c1ccc(Cl)s1. The van der Waals surface area contributed by atoms with E-state index in [-0.39, 0.29) is 39.6 Å². The Morgan fingerprint density at radius 3 is 1.59 bits per heavy atom. The number of sulfonamides is 2. The zero-order valence-electron chi connectivity index (χ0n) is 16.6. The van der Waals surface area contributed by atoms with Crippen LogP contribution >= 0.6 is 45.9 Å². The van der Waals surface area contributed by atoms with Gasteiger partial charge in [-0.25, -0.2) is 25.6 Å². The summed E-state index contributed by atoms with van der Waals surface area (Å²) in [6.45, 7) is 0. The maximum Gasteiger partial charge on any atom is 0.271 e. The van der Waals surface area contributed by atoms with Gasteiger partial charge in [-0.1, -0.05) is 29.3 Å². The summed E-state index contributed by atoms with van der Waals surface area (Å²) in [4.78, 5) is 0. The van der Waals surface area contributed by atoms with E-state index in [1.807, 2.05) is 0 Å². The van der Waals surface area contributed by atoms with Crippen molar-refractivity contribution in [3.8, 4) is 11.1 Å². The second-order valence-electron chi connectivity index (χ2n) is 6.75. The maximum absolute atomic E-state index is 13.7. The average molecular weight is 581 g/mol. The van der Waals surface area contributed by atoms with Crippen molar-refractivity contribution in [2.75, 3.05) is 9.44 Å². The quantitative estimate of drug-likeness (QED) is 0.255. The summed E-state index contributed by atoms with van der Waals surface area (Å²) >= 11 is 13.3. The Morgan fingerprint density at radius 2 is 1.12 bits per heavy atom. The van der Waals surface area contributed by atoms with E-state index in [2.05, 4.69) is 9.44 Å². The molecule has 2 N–H and O–H groups in total. The van der Waals surface area contributed by atoms with Gasteiger partial charge in [0.1, 0.15) is 20.1 Å². The molecule has 0 spiro atoms. The van der Waals surface area contributed by atoms with Crippen LogP contribution in [0.3, 0.4) is 0 Å². The molecule has 0 saturated carbocycles. The number of nitrogens with one attached hydrogen (secondary N) is 2. The molecule has 178 valence electrons. The van der Waals surface area contributed by atoms with Crippen molar-refractivity contribution >= 4 is 77.3 Å². The standard InChI is InChI=1S/C20H12Cl2F2N2O4S4/c21-17-3-5-19(31-17)33(27,28)25-15-2-1-11(12-7-13(23)10-14(24)8-12)9-16(15)26-34(29,30)20-6-4-18(22)32-20/h1-10,25-26H. The van der Waals surface area contributed by atoms with Crippen molar-refractivity contribution < 1.29 is 25.6 Å². The molecule has 0 aliphatic heterocycles. The number of thiophene rings is 2. The number of rotatable bonds is 7. The number of anilines is 2. The predicted octanol–water partition coefficient (Wildman–Crippen LogP) is 6.66. The molecule has 0 amide bonds. The molecule has 0 bridgehead atoms. The molecule has 2 aromatic carbocycles. The molecule has 0 unspecified atom stereocenters. The van der Waals surface area contributed by atoms with Crippen LogP contribution in [0.25, 0.3) is 11.1 Å². The maximum atomic E-state index is 13.7. The summed E-state index contributed by atoms with van der Waals surface area (Å²) in [5.74, 6) is -1.66. The fraction of sp³-hybridized carbons (Fsp3) is 0. The average Bonchev–Trinajstić information content (AvgIpc) is 3.37. The first-order valence-corrected chi connectivity index (χ1v) is 14.5. The molecule has 4 rings (SSSR count). The summed E-state index contributed by atoms with van der Waals surface area (Å²) in [5, 5.41) is 0. The molecule has 0 aliphatic rings. The molecular weight excluding hydrogens is 569 g/mol. The van der Waals surface area contributed by atoms with Crippen LogP contribution < -0.4 is 9.44 Å².